The Balaban J connectivity index is 0. The van der Waals surface area contributed by atoms with Crippen LogP contribution < -0.4 is 0 Å². The standard InChI is InChI=1S/C38H68O6.C13H24O5/c1-4-6-8-22-28-35(40)29-23-18-14-10-12-17-21-27-33-38(42)44-36(30-24-9-7-5-2)31-25-19-15-11-13-16-20-26-32-37(41)43-34(3)39;1-11(14)10-18-13(17)9-7-5-3-2-4-6-8-12(15)16/h18-19,23,25,35-36,40H,4-17,20-22,24,26-33H2,1-3H3;11,14H,2-10H2,1H3,(H,15,16)/b23-18-,25-19-;/t35-,36-;/m1./s1. The van der Waals surface area contributed by atoms with Gasteiger partial charge in [-0.3, -0.25) is 24.0 Å². The molecule has 0 aromatic carbocycles. The van der Waals surface area contributed by atoms with E-state index in [1.807, 2.05) is 0 Å². The molecular weight excluding hydrogens is 789 g/mol. The summed E-state index contributed by atoms with van der Waals surface area (Å²) >= 11 is 0. The summed E-state index contributed by atoms with van der Waals surface area (Å²) < 4.78 is 15.3. The molecule has 0 radical (unpaired) electrons. The van der Waals surface area contributed by atoms with Crippen molar-refractivity contribution in [2.45, 2.75) is 264 Å². The number of aliphatic carboxylic acids is 1. The van der Waals surface area contributed by atoms with Gasteiger partial charge in [-0.2, -0.15) is 0 Å². The Morgan fingerprint density at radius 1 is 0.500 bits per heavy atom. The Labute approximate surface area is 377 Å². The number of unbranched alkanes of at least 4 members (excludes halogenated alkanes) is 21. The van der Waals surface area contributed by atoms with Crippen LogP contribution in [0.2, 0.25) is 0 Å². The molecule has 0 aliphatic heterocycles. The minimum Gasteiger partial charge on any atom is -0.481 e. The average molecular weight is 881 g/mol. The van der Waals surface area contributed by atoms with Crippen LogP contribution in [0.5, 0.6) is 0 Å². The van der Waals surface area contributed by atoms with Crippen LogP contribution in [-0.2, 0) is 38.2 Å². The van der Waals surface area contributed by atoms with Gasteiger partial charge in [-0.1, -0.05) is 147 Å². The molecule has 62 heavy (non-hydrogen) atoms. The summed E-state index contributed by atoms with van der Waals surface area (Å²) in [5, 5.41) is 27.4. The molecule has 0 aliphatic rings. The Hall–Kier alpha value is -3.05. The number of hydrogen-bond donors (Lipinski definition) is 3. The summed E-state index contributed by atoms with van der Waals surface area (Å²) in [6.07, 6.45) is 40.4. The second kappa shape index (κ2) is 47.4. The maximum Gasteiger partial charge on any atom is 0.313 e. The molecule has 0 aromatic rings. The topological polar surface area (TPSA) is 174 Å². The van der Waals surface area contributed by atoms with E-state index in [4.69, 9.17) is 19.7 Å². The van der Waals surface area contributed by atoms with Crippen LogP contribution in [0.3, 0.4) is 0 Å². The van der Waals surface area contributed by atoms with E-state index in [9.17, 15) is 29.1 Å². The lowest BCUT2D eigenvalue weighted by atomic mass is 10.1. The largest absolute Gasteiger partial charge is 0.481 e. The van der Waals surface area contributed by atoms with E-state index in [0.29, 0.717) is 19.3 Å². The highest BCUT2D eigenvalue weighted by molar-refractivity contribution is 5.83. The van der Waals surface area contributed by atoms with E-state index in [1.54, 1.807) is 6.92 Å². The van der Waals surface area contributed by atoms with Crippen molar-refractivity contribution in [2.75, 3.05) is 6.61 Å². The first kappa shape index (κ1) is 61.0. The number of esters is 4. The van der Waals surface area contributed by atoms with Gasteiger partial charge in [0.15, 0.2) is 0 Å². The summed E-state index contributed by atoms with van der Waals surface area (Å²) in [4.78, 5) is 56.1. The minimum atomic E-state index is -0.740. The maximum atomic E-state index is 12.5. The molecule has 362 valence electrons. The van der Waals surface area contributed by atoms with E-state index in [1.165, 1.54) is 58.3 Å². The molecule has 0 saturated carbocycles. The number of aliphatic hydroxyl groups excluding tert-OH is 2. The van der Waals surface area contributed by atoms with Gasteiger partial charge in [-0.05, 0) is 84.0 Å². The highest BCUT2D eigenvalue weighted by Gasteiger charge is 2.13. The van der Waals surface area contributed by atoms with Crippen molar-refractivity contribution >= 4 is 29.8 Å². The van der Waals surface area contributed by atoms with Crippen molar-refractivity contribution in [1.82, 2.24) is 0 Å². The van der Waals surface area contributed by atoms with E-state index in [-0.39, 0.29) is 37.2 Å². The lowest BCUT2D eigenvalue weighted by Gasteiger charge is -2.16. The zero-order chi connectivity index (χ0) is 46.3. The fourth-order valence-electron chi connectivity index (χ4n) is 6.80. The number of aliphatic hydroxyl groups is 2. The fourth-order valence-corrected chi connectivity index (χ4v) is 6.80. The van der Waals surface area contributed by atoms with Crippen LogP contribution in [0.15, 0.2) is 24.3 Å². The second-order valence-corrected chi connectivity index (χ2v) is 17.0. The van der Waals surface area contributed by atoms with Gasteiger partial charge in [0.05, 0.1) is 12.2 Å². The number of carbonyl (C=O) groups is 5. The lowest BCUT2D eigenvalue weighted by molar-refractivity contribution is -0.158. The molecule has 1 unspecified atom stereocenters. The highest BCUT2D eigenvalue weighted by Crippen LogP contribution is 2.16. The third-order valence-electron chi connectivity index (χ3n) is 10.5. The van der Waals surface area contributed by atoms with Crippen molar-refractivity contribution in [3.63, 3.8) is 0 Å². The van der Waals surface area contributed by atoms with E-state index in [0.717, 1.165) is 141 Å². The predicted octanol–water partition coefficient (Wildman–Crippen LogP) is 12.8. The van der Waals surface area contributed by atoms with Crippen molar-refractivity contribution < 1.29 is 53.5 Å². The predicted molar refractivity (Wildman–Crippen MR) is 250 cm³/mol. The molecule has 0 amide bonds. The first-order chi connectivity index (χ1) is 29.9. The maximum absolute atomic E-state index is 12.5. The molecule has 0 fully saturated rings. The van der Waals surface area contributed by atoms with Crippen molar-refractivity contribution in [3.8, 4) is 0 Å². The molecule has 0 bridgehead atoms. The van der Waals surface area contributed by atoms with E-state index < -0.39 is 24.0 Å². The van der Waals surface area contributed by atoms with Gasteiger partial charge < -0.3 is 29.5 Å². The van der Waals surface area contributed by atoms with Gasteiger partial charge in [0.25, 0.3) is 0 Å². The zero-order valence-corrected chi connectivity index (χ0v) is 39.9. The summed E-state index contributed by atoms with van der Waals surface area (Å²) in [5.41, 5.74) is 0. The van der Waals surface area contributed by atoms with Gasteiger partial charge >= 0.3 is 29.8 Å². The number of ether oxygens (including phenoxy) is 3. The Kier molecular flexibility index (Phi) is 46.7. The fraction of sp³-hybridized carbons (Fsp3) is 0.824. The van der Waals surface area contributed by atoms with Crippen LogP contribution in [0.4, 0.5) is 0 Å². The monoisotopic (exact) mass is 881 g/mol. The van der Waals surface area contributed by atoms with E-state index in [2.05, 4.69) is 42.9 Å². The second-order valence-electron chi connectivity index (χ2n) is 17.0. The number of allylic oxidation sites excluding steroid dienone is 2. The van der Waals surface area contributed by atoms with Crippen molar-refractivity contribution in [2.24, 2.45) is 0 Å². The Morgan fingerprint density at radius 3 is 1.44 bits per heavy atom. The normalized spacial score (nSPS) is 12.7. The molecule has 0 aromatic heterocycles. The number of carbonyl (C=O) groups excluding carboxylic acids is 4. The van der Waals surface area contributed by atoms with Crippen molar-refractivity contribution in [1.29, 1.82) is 0 Å². The number of carboxylic acid groups (broad SMARTS) is 1. The Bertz CT molecular complexity index is 1130. The summed E-state index contributed by atoms with van der Waals surface area (Å²) in [6.45, 7) is 7.31. The molecule has 3 atom stereocenters. The molecule has 11 heteroatoms. The van der Waals surface area contributed by atoms with Gasteiger partial charge in [0.2, 0.25) is 0 Å². The third-order valence-corrected chi connectivity index (χ3v) is 10.5. The van der Waals surface area contributed by atoms with Crippen LogP contribution in [-0.4, -0.2) is 70.1 Å². The van der Waals surface area contributed by atoms with Crippen molar-refractivity contribution in [3.05, 3.63) is 24.3 Å². The van der Waals surface area contributed by atoms with Gasteiger partial charge in [-0.15, -0.1) is 0 Å². The SMILES string of the molecule is CC(O)COC(=O)CCCCCCCCC(=O)O.CCCCCC[C@@H](O)C/C=C\CCCCCCCC(=O)O[C@@H](C/C=C\CCCCCCCC(=O)OC(C)=O)CCCCCC. The molecule has 0 heterocycles. The van der Waals surface area contributed by atoms with Gasteiger partial charge in [-0.25, -0.2) is 0 Å². The molecule has 0 rings (SSSR count). The van der Waals surface area contributed by atoms with E-state index >= 15 is 0 Å². The summed E-state index contributed by atoms with van der Waals surface area (Å²) in [5.74, 6) is -2.02. The zero-order valence-electron chi connectivity index (χ0n) is 39.9. The van der Waals surface area contributed by atoms with Crippen LogP contribution in [0.1, 0.15) is 246 Å². The average Bonchev–Trinajstić information content (AvgIpc) is 3.22. The molecule has 0 saturated heterocycles. The number of hydrogen-bond acceptors (Lipinski definition) is 10. The van der Waals surface area contributed by atoms with Crippen LogP contribution in [0.25, 0.3) is 0 Å². The first-order valence-corrected chi connectivity index (χ1v) is 24.8. The minimum absolute atomic E-state index is 0.0213. The van der Waals surface area contributed by atoms with Gasteiger partial charge in [0.1, 0.15) is 12.7 Å². The molecular formula is C51H92O11. The smallest absolute Gasteiger partial charge is 0.313 e. The van der Waals surface area contributed by atoms with Crippen LogP contribution >= 0.6 is 0 Å². The number of carboxylic acids is 1. The first-order valence-electron chi connectivity index (χ1n) is 24.8. The summed E-state index contributed by atoms with van der Waals surface area (Å²) in [6, 6.07) is 0. The van der Waals surface area contributed by atoms with Crippen LogP contribution in [0, 0.1) is 0 Å². The quantitative estimate of drug-likeness (QED) is 0.0175. The molecule has 11 nitrogen and oxygen atoms in total. The highest BCUT2D eigenvalue weighted by atomic mass is 16.6. The Morgan fingerprint density at radius 2 is 0.935 bits per heavy atom. The molecule has 0 spiro atoms. The molecule has 0 aliphatic carbocycles. The van der Waals surface area contributed by atoms with Gasteiger partial charge in [0, 0.05) is 39.0 Å². The third kappa shape index (κ3) is 51.3. The molecule has 3 N–H and O–H groups in total. The number of rotatable bonds is 42. The lowest BCUT2D eigenvalue weighted by Crippen LogP contribution is -2.17. The summed E-state index contributed by atoms with van der Waals surface area (Å²) in [7, 11) is 0.